The first kappa shape index (κ1) is 56.3. The molecule has 2 aliphatic rings. The first-order valence-corrected chi connectivity index (χ1v) is 23.4. The molecule has 7 N–H and O–H groups in total. The van der Waals surface area contributed by atoms with Crippen LogP contribution >= 0.6 is 0 Å². The minimum atomic E-state index is -1.77. The quantitative estimate of drug-likeness (QED) is 0.0246. The third-order valence-corrected chi connectivity index (χ3v) is 10.8. The maximum Gasteiger partial charge on any atom is 0.306 e. The summed E-state index contributed by atoms with van der Waals surface area (Å²) in [6, 6.07) is 0. The molecule has 2 aliphatic heterocycles. The normalized spacial score (nSPS) is 27.4. The van der Waals surface area contributed by atoms with Gasteiger partial charge in [-0.05, 0) is 57.8 Å². The van der Waals surface area contributed by atoms with Crippen molar-refractivity contribution >= 4 is 11.9 Å². The Balaban J connectivity index is 1.84. The number of rotatable bonds is 34. The molecule has 0 spiro atoms. The molecule has 0 aromatic rings. The van der Waals surface area contributed by atoms with E-state index in [-0.39, 0.29) is 19.4 Å². The lowest BCUT2D eigenvalue weighted by atomic mass is 9.98. The fourth-order valence-corrected chi connectivity index (χ4v) is 6.89. The van der Waals surface area contributed by atoms with Crippen molar-refractivity contribution in [2.45, 2.75) is 203 Å². The van der Waals surface area contributed by atoms with Crippen molar-refractivity contribution in [2.75, 3.05) is 26.4 Å². The number of carbonyl (C=O) groups is 2. The fraction of sp³-hybridized carbons (Fsp3) is 0.750. The second kappa shape index (κ2) is 35.5. The van der Waals surface area contributed by atoms with Gasteiger partial charge in [0.25, 0.3) is 0 Å². The third kappa shape index (κ3) is 24.3. The Kier molecular flexibility index (Phi) is 31.7. The summed E-state index contributed by atoms with van der Waals surface area (Å²) in [5.74, 6) is -0.973. The van der Waals surface area contributed by atoms with Crippen molar-refractivity contribution < 1.29 is 73.8 Å². The summed E-state index contributed by atoms with van der Waals surface area (Å²) < 4.78 is 33.4. The first-order chi connectivity index (χ1) is 30.5. The molecule has 2 saturated heterocycles. The Bertz CT molecular complexity index is 1330. The lowest BCUT2D eigenvalue weighted by molar-refractivity contribution is -0.332. The molecule has 2 heterocycles. The van der Waals surface area contributed by atoms with Gasteiger partial charge < -0.3 is 64.2 Å². The van der Waals surface area contributed by atoms with Crippen LogP contribution < -0.4 is 0 Å². The van der Waals surface area contributed by atoms with Crippen molar-refractivity contribution in [1.82, 2.24) is 0 Å². The summed E-state index contributed by atoms with van der Waals surface area (Å²) in [7, 11) is 0. The lowest BCUT2D eigenvalue weighted by Gasteiger charge is -2.42. The van der Waals surface area contributed by atoms with E-state index in [1.807, 2.05) is 0 Å². The molecule has 0 amide bonds. The second-order valence-corrected chi connectivity index (χ2v) is 16.2. The van der Waals surface area contributed by atoms with Crippen LogP contribution in [0.5, 0.6) is 0 Å². The van der Waals surface area contributed by atoms with Gasteiger partial charge in [0.1, 0.15) is 55.4 Å². The average Bonchev–Trinajstić information content (AvgIpc) is 3.28. The zero-order valence-electron chi connectivity index (χ0n) is 37.8. The van der Waals surface area contributed by atoms with Crippen LogP contribution in [-0.2, 0) is 38.0 Å². The van der Waals surface area contributed by atoms with E-state index in [0.717, 1.165) is 70.6 Å². The van der Waals surface area contributed by atoms with Gasteiger partial charge in [0.15, 0.2) is 18.7 Å². The van der Waals surface area contributed by atoms with Crippen LogP contribution in [0.1, 0.15) is 136 Å². The van der Waals surface area contributed by atoms with E-state index in [4.69, 9.17) is 28.4 Å². The molecule has 11 atom stereocenters. The van der Waals surface area contributed by atoms with Gasteiger partial charge in [0.05, 0.1) is 19.8 Å². The molecule has 0 radical (unpaired) electrons. The number of hydrogen-bond donors (Lipinski definition) is 7. The van der Waals surface area contributed by atoms with E-state index in [9.17, 15) is 45.3 Å². The Morgan fingerprint density at radius 2 is 1.00 bits per heavy atom. The van der Waals surface area contributed by atoms with Crippen LogP contribution in [0.2, 0.25) is 0 Å². The van der Waals surface area contributed by atoms with E-state index in [0.29, 0.717) is 12.8 Å². The fourth-order valence-electron chi connectivity index (χ4n) is 6.89. The number of aliphatic hydroxyl groups is 7. The molecule has 2 fully saturated rings. The molecule has 2 rings (SSSR count). The van der Waals surface area contributed by atoms with Gasteiger partial charge in [-0.3, -0.25) is 9.59 Å². The van der Waals surface area contributed by atoms with Crippen molar-refractivity contribution in [3.63, 3.8) is 0 Å². The summed E-state index contributed by atoms with van der Waals surface area (Å²) >= 11 is 0. The van der Waals surface area contributed by atoms with E-state index in [1.54, 1.807) is 0 Å². The summed E-state index contributed by atoms with van der Waals surface area (Å²) in [5.41, 5.74) is 0. The highest BCUT2D eigenvalue weighted by Gasteiger charge is 2.47. The lowest BCUT2D eigenvalue weighted by Crippen LogP contribution is -2.61. The van der Waals surface area contributed by atoms with Gasteiger partial charge in [-0.2, -0.15) is 0 Å². The van der Waals surface area contributed by atoms with Gasteiger partial charge in [-0.15, -0.1) is 0 Å². The summed E-state index contributed by atoms with van der Waals surface area (Å²) in [4.78, 5) is 25.6. The largest absolute Gasteiger partial charge is 0.462 e. The van der Waals surface area contributed by atoms with Gasteiger partial charge in [0.2, 0.25) is 0 Å². The number of esters is 2. The molecule has 0 aromatic heterocycles. The maximum atomic E-state index is 12.9. The third-order valence-electron chi connectivity index (χ3n) is 10.8. The Morgan fingerprint density at radius 3 is 1.57 bits per heavy atom. The Morgan fingerprint density at radius 1 is 0.524 bits per heavy atom. The molecule has 15 nitrogen and oxygen atoms in total. The van der Waals surface area contributed by atoms with E-state index < -0.39 is 99.3 Å². The predicted molar refractivity (Wildman–Crippen MR) is 238 cm³/mol. The number of carbonyl (C=O) groups excluding carboxylic acids is 2. The number of allylic oxidation sites excluding steroid dienone is 10. The summed E-state index contributed by atoms with van der Waals surface area (Å²) in [5, 5.41) is 71.8. The summed E-state index contributed by atoms with van der Waals surface area (Å²) in [6.07, 6.45) is 21.4. The molecule has 11 unspecified atom stereocenters. The Hall–Kier alpha value is -2.80. The highest BCUT2D eigenvalue weighted by molar-refractivity contribution is 5.70. The van der Waals surface area contributed by atoms with Crippen LogP contribution in [0.4, 0.5) is 0 Å². The molecule has 0 saturated carbocycles. The van der Waals surface area contributed by atoms with E-state index in [2.05, 4.69) is 74.6 Å². The number of hydrogen-bond acceptors (Lipinski definition) is 15. The second-order valence-electron chi connectivity index (χ2n) is 16.2. The van der Waals surface area contributed by atoms with Crippen LogP contribution in [0.25, 0.3) is 0 Å². The minimum Gasteiger partial charge on any atom is -0.462 e. The smallest absolute Gasteiger partial charge is 0.306 e. The van der Waals surface area contributed by atoms with Crippen LogP contribution in [0.15, 0.2) is 60.8 Å². The van der Waals surface area contributed by atoms with Crippen LogP contribution in [0.3, 0.4) is 0 Å². The number of aliphatic hydroxyl groups excluding tert-OH is 7. The van der Waals surface area contributed by atoms with Gasteiger partial charge in [0, 0.05) is 12.8 Å². The molecule has 0 aromatic carbocycles. The number of ether oxygens (including phenoxy) is 6. The maximum absolute atomic E-state index is 12.9. The van der Waals surface area contributed by atoms with Gasteiger partial charge >= 0.3 is 11.9 Å². The van der Waals surface area contributed by atoms with E-state index in [1.165, 1.54) is 25.7 Å². The zero-order valence-corrected chi connectivity index (χ0v) is 37.8. The monoisotopic (exact) mass is 897 g/mol. The van der Waals surface area contributed by atoms with Gasteiger partial charge in [-0.1, -0.05) is 126 Å². The first-order valence-electron chi connectivity index (χ1n) is 23.4. The van der Waals surface area contributed by atoms with E-state index >= 15 is 0 Å². The SMILES string of the molecule is CC/C=C\C/C=C\C/C=C\C/C=C\C/C=C\CCCCCC(=O)OC(COC(=O)CCCCCCCCCC)COC1OC(COC2OC(CO)C(O)C(O)C2O)C(O)C(O)C1O. The molecule has 0 aliphatic carbocycles. The van der Waals surface area contributed by atoms with Crippen LogP contribution in [0, 0.1) is 0 Å². The van der Waals surface area contributed by atoms with Crippen molar-refractivity contribution in [3.05, 3.63) is 60.8 Å². The van der Waals surface area contributed by atoms with Crippen LogP contribution in [-0.4, -0.2) is 142 Å². The molecular formula is C48H80O15. The number of unbranched alkanes of at least 4 members (excludes halogenated alkanes) is 10. The molecule has 0 bridgehead atoms. The van der Waals surface area contributed by atoms with Gasteiger partial charge in [-0.25, -0.2) is 0 Å². The average molecular weight is 897 g/mol. The van der Waals surface area contributed by atoms with Crippen molar-refractivity contribution in [2.24, 2.45) is 0 Å². The van der Waals surface area contributed by atoms with Crippen molar-refractivity contribution in [1.29, 1.82) is 0 Å². The predicted octanol–water partition coefficient (Wildman–Crippen LogP) is 5.31. The molecular weight excluding hydrogens is 817 g/mol. The topological polar surface area (TPSA) is 231 Å². The highest BCUT2D eigenvalue weighted by atomic mass is 16.7. The molecule has 362 valence electrons. The molecule has 15 heteroatoms. The highest BCUT2D eigenvalue weighted by Crippen LogP contribution is 2.26. The molecule has 63 heavy (non-hydrogen) atoms. The standard InChI is InChI=1S/C48H80O15/c1-3-5-7-9-11-13-14-15-16-17-18-19-20-21-22-23-25-27-29-31-40(51)61-36(33-58-39(50)30-28-26-24-12-10-8-6-4-2)34-59-47-46(57)44(55)42(53)38(63-47)35-60-48-45(56)43(54)41(52)37(32-49)62-48/h5,7,11,13,15-16,18-19,21-22,36-38,41-49,52-57H,3-4,6,8-10,12,14,17,20,23-35H2,1-2H3/b7-5-,13-11-,16-15-,19-18-,22-21-. The Labute approximate surface area is 375 Å². The van der Waals surface area contributed by atoms with Crippen molar-refractivity contribution in [3.8, 4) is 0 Å². The zero-order chi connectivity index (χ0) is 46.1. The summed E-state index contributed by atoms with van der Waals surface area (Å²) in [6.45, 7) is 2.37. The minimum absolute atomic E-state index is 0.124.